The van der Waals surface area contributed by atoms with Crippen molar-refractivity contribution in [1.29, 1.82) is 0 Å². The molecule has 0 heterocycles. The highest BCUT2D eigenvalue weighted by molar-refractivity contribution is 5.42. The first-order chi connectivity index (χ1) is 4.79. The lowest BCUT2D eigenvalue weighted by atomic mass is 10.3. The molecule has 1 aromatic rings. The zero-order valence-electron chi connectivity index (χ0n) is 5.49. The maximum absolute atomic E-state index is 8.67. The molecule has 0 saturated carbocycles. The number of para-hydroxylation sites is 1. The van der Waals surface area contributed by atoms with Gasteiger partial charge in [0.05, 0.1) is 0 Å². The lowest BCUT2D eigenvalue weighted by Gasteiger charge is -2.07. The second kappa shape index (κ2) is 3.20. The van der Waals surface area contributed by atoms with Gasteiger partial charge in [-0.15, -0.1) is 0 Å². The molecule has 3 nitrogen and oxygen atoms in total. The number of nitrogens with two attached hydrogens (primary N) is 1. The summed E-state index contributed by atoms with van der Waals surface area (Å²) in [4.78, 5) is 0. The molecule has 1 unspecified atom stereocenters. The second-order valence-corrected chi connectivity index (χ2v) is 1.96. The minimum Gasteiger partial charge on any atom is -0.361 e. The maximum atomic E-state index is 8.67. The largest absolute Gasteiger partial charge is 0.361 e. The summed E-state index contributed by atoms with van der Waals surface area (Å²) in [6.07, 6.45) is -0.984. The minimum absolute atomic E-state index is 0.817. The molecule has 0 bridgehead atoms. The van der Waals surface area contributed by atoms with Crippen LogP contribution in [0.25, 0.3) is 0 Å². The summed E-state index contributed by atoms with van der Waals surface area (Å²) >= 11 is 0. The van der Waals surface area contributed by atoms with E-state index in [0.29, 0.717) is 0 Å². The molecule has 54 valence electrons. The number of hydrogen-bond donors (Lipinski definition) is 3. The summed E-state index contributed by atoms with van der Waals surface area (Å²) in [5, 5.41) is 11.3. The summed E-state index contributed by atoms with van der Waals surface area (Å²) < 4.78 is 0. The van der Waals surface area contributed by atoms with E-state index in [4.69, 9.17) is 10.8 Å². The number of benzene rings is 1. The molecule has 0 amide bonds. The fourth-order valence-electron chi connectivity index (χ4n) is 0.705. The quantitative estimate of drug-likeness (QED) is 0.516. The Morgan fingerprint density at radius 3 is 2.40 bits per heavy atom. The van der Waals surface area contributed by atoms with Gasteiger partial charge >= 0.3 is 0 Å². The number of anilines is 1. The van der Waals surface area contributed by atoms with Crippen molar-refractivity contribution < 1.29 is 5.11 Å². The number of rotatable bonds is 2. The van der Waals surface area contributed by atoms with Gasteiger partial charge in [0.1, 0.15) is 0 Å². The van der Waals surface area contributed by atoms with Crippen molar-refractivity contribution >= 4 is 5.69 Å². The molecule has 0 fully saturated rings. The van der Waals surface area contributed by atoms with Crippen molar-refractivity contribution in [2.45, 2.75) is 6.35 Å². The molecule has 10 heavy (non-hydrogen) atoms. The zero-order valence-corrected chi connectivity index (χ0v) is 5.49. The Balaban J connectivity index is 2.59. The summed E-state index contributed by atoms with van der Waals surface area (Å²) in [5.41, 5.74) is 5.89. The average Bonchev–Trinajstić information content (AvgIpc) is 1.88. The molecule has 4 N–H and O–H groups in total. The summed E-state index contributed by atoms with van der Waals surface area (Å²) in [7, 11) is 0. The third kappa shape index (κ3) is 2.05. The van der Waals surface area contributed by atoms with Crippen molar-refractivity contribution in [1.82, 2.24) is 0 Å². The SMILES string of the molecule is NC(O)Nc1ccccc1. The molecular formula is C7H10N2O. The summed E-state index contributed by atoms with van der Waals surface area (Å²) in [5.74, 6) is 0. The van der Waals surface area contributed by atoms with Gasteiger partial charge in [0.2, 0.25) is 0 Å². The minimum atomic E-state index is -0.984. The van der Waals surface area contributed by atoms with Crippen LogP contribution >= 0.6 is 0 Å². The second-order valence-electron chi connectivity index (χ2n) is 1.96. The van der Waals surface area contributed by atoms with Crippen LogP contribution in [0.15, 0.2) is 30.3 Å². The maximum Gasteiger partial charge on any atom is 0.178 e. The Hall–Kier alpha value is -1.06. The van der Waals surface area contributed by atoms with Crippen LogP contribution in [0, 0.1) is 0 Å². The van der Waals surface area contributed by atoms with Gasteiger partial charge in [-0.2, -0.15) is 0 Å². The Kier molecular flexibility index (Phi) is 2.25. The first-order valence-electron chi connectivity index (χ1n) is 3.04. The number of aliphatic hydroxyl groups is 1. The lowest BCUT2D eigenvalue weighted by Crippen LogP contribution is -2.28. The van der Waals surface area contributed by atoms with E-state index in [1.807, 2.05) is 30.3 Å². The van der Waals surface area contributed by atoms with Crippen LogP contribution in [-0.2, 0) is 0 Å². The van der Waals surface area contributed by atoms with Crippen LogP contribution < -0.4 is 11.1 Å². The smallest absolute Gasteiger partial charge is 0.178 e. The van der Waals surface area contributed by atoms with E-state index in [1.54, 1.807) is 0 Å². The van der Waals surface area contributed by atoms with E-state index in [2.05, 4.69) is 5.32 Å². The molecule has 0 aliphatic carbocycles. The third-order valence-electron chi connectivity index (χ3n) is 1.09. The van der Waals surface area contributed by atoms with Gasteiger partial charge in [0.15, 0.2) is 6.35 Å². The van der Waals surface area contributed by atoms with Crippen molar-refractivity contribution in [3.8, 4) is 0 Å². The van der Waals surface area contributed by atoms with E-state index in [-0.39, 0.29) is 0 Å². The van der Waals surface area contributed by atoms with Crippen LogP contribution in [0.4, 0.5) is 5.69 Å². The molecule has 0 aliphatic rings. The molecule has 1 rings (SSSR count). The number of hydrogen-bond acceptors (Lipinski definition) is 3. The van der Waals surface area contributed by atoms with Crippen LogP contribution in [0.1, 0.15) is 0 Å². The van der Waals surface area contributed by atoms with Gasteiger partial charge in [-0.3, -0.25) is 5.73 Å². The van der Waals surface area contributed by atoms with E-state index >= 15 is 0 Å². The van der Waals surface area contributed by atoms with Gasteiger partial charge in [-0.25, -0.2) is 0 Å². The van der Waals surface area contributed by atoms with Crippen LogP contribution in [0.2, 0.25) is 0 Å². The van der Waals surface area contributed by atoms with Gasteiger partial charge in [-0.1, -0.05) is 18.2 Å². The fourth-order valence-corrected chi connectivity index (χ4v) is 0.705. The van der Waals surface area contributed by atoms with Crippen molar-refractivity contribution in [2.24, 2.45) is 5.73 Å². The number of aliphatic hydroxyl groups excluding tert-OH is 1. The molecule has 0 saturated heterocycles. The van der Waals surface area contributed by atoms with Gasteiger partial charge in [0.25, 0.3) is 0 Å². The number of nitrogens with one attached hydrogen (secondary N) is 1. The van der Waals surface area contributed by atoms with E-state index in [1.165, 1.54) is 0 Å². The predicted octanol–water partition coefficient (Wildman–Crippen LogP) is 0.333. The van der Waals surface area contributed by atoms with Crippen LogP contribution in [-0.4, -0.2) is 11.5 Å². The molecule has 0 radical (unpaired) electrons. The third-order valence-corrected chi connectivity index (χ3v) is 1.09. The molecule has 0 aliphatic heterocycles. The molecule has 0 spiro atoms. The molecule has 1 atom stereocenters. The van der Waals surface area contributed by atoms with Crippen molar-refractivity contribution in [3.63, 3.8) is 0 Å². The lowest BCUT2D eigenvalue weighted by molar-refractivity contribution is 0.212. The Morgan fingerprint density at radius 1 is 1.30 bits per heavy atom. The Morgan fingerprint density at radius 2 is 1.90 bits per heavy atom. The highest BCUT2D eigenvalue weighted by Gasteiger charge is 1.91. The average molecular weight is 138 g/mol. The van der Waals surface area contributed by atoms with Crippen LogP contribution in [0.3, 0.4) is 0 Å². The zero-order chi connectivity index (χ0) is 7.40. The van der Waals surface area contributed by atoms with Crippen molar-refractivity contribution in [3.05, 3.63) is 30.3 Å². The van der Waals surface area contributed by atoms with Crippen LogP contribution in [0.5, 0.6) is 0 Å². The van der Waals surface area contributed by atoms with Gasteiger partial charge in [-0.05, 0) is 12.1 Å². The Bertz CT molecular complexity index is 186. The highest BCUT2D eigenvalue weighted by atomic mass is 16.3. The molecule has 1 aromatic carbocycles. The summed E-state index contributed by atoms with van der Waals surface area (Å²) in [6, 6.07) is 9.29. The molecule has 0 aromatic heterocycles. The standard InChI is InChI=1S/C7H10N2O/c8-7(10)9-6-4-2-1-3-5-6/h1-5,7,9-10H,8H2. The van der Waals surface area contributed by atoms with E-state index < -0.39 is 6.35 Å². The Labute approximate surface area is 59.5 Å². The molecule has 3 heteroatoms. The van der Waals surface area contributed by atoms with Gasteiger partial charge < -0.3 is 10.4 Å². The fraction of sp³-hybridized carbons (Fsp3) is 0.143. The normalized spacial score (nSPS) is 12.6. The van der Waals surface area contributed by atoms with E-state index in [9.17, 15) is 0 Å². The van der Waals surface area contributed by atoms with Crippen molar-refractivity contribution in [2.75, 3.05) is 5.32 Å². The summed E-state index contributed by atoms with van der Waals surface area (Å²) in [6.45, 7) is 0. The first kappa shape index (κ1) is 7.05. The van der Waals surface area contributed by atoms with E-state index in [0.717, 1.165) is 5.69 Å². The molecular weight excluding hydrogens is 128 g/mol. The highest BCUT2D eigenvalue weighted by Crippen LogP contribution is 2.03. The van der Waals surface area contributed by atoms with Gasteiger partial charge in [0, 0.05) is 5.69 Å². The topological polar surface area (TPSA) is 58.3 Å². The predicted molar refractivity (Wildman–Crippen MR) is 40.3 cm³/mol. The first-order valence-corrected chi connectivity index (χ1v) is 3.04. The monoisotopic (exact) mass is 138 g/mol.